The molecule has 0 radical (unpaired) electrons. The molecule has 0 aromatic carbocycles. The highest BCUT2D eigenvalue weighted by molar-refractivity contribution is 7.14. The summed E-state index contributed by atoms with van der Waals surface area (Å²) < 4.78 is 0. The van der Waals surface area contributed by atoms with Gasteiger partial charge in [0.2, 0.25) is 0 Å². The van der Waals surface area contributed by atoms with Crippen molar-refractivity contribution in [2.24, 2.45) is 11.3 Å². The molecule has 92 valence electrons. The lowest BCUT2D eigenvalue weighted by Crippen LogP contribution is -2.00. The van der Waals surface area contributed by atoms with Gasteiger partial charge in [0, 0.05) is 15.2 Å². The first-order valence-electron chi connectivity index (χ1n) is 6.47. The molecule has 0 spiro atoms. The number of hydrogen-bond acceptors (Lipinski definition) is 1. The topological polar surface area (TPSA) is 0 Å². The molecule has 0 fully saturated rings. The largest absolute Gasteiger partial charge is 0.135 e. The Bertz CT molecular complexity index is 591. The van der Waals surface area contributed by atoms with E-state index in [1.807, 2.05) is 11.3 Å². The van der Waals surface area contributed by atoms with Crippen molar-refractivity contribution in [1.29, 1.82) is 0 Å². The van der Waals surface area contributed by atoms with Gasteiger partial charge in [0.15, 0.2) is 0 Å². The van der Waals surface area contributed by atoms with Crippen molar-refractivity contribution < 1.29 is 0 Å². The van der Waals surface area contributed by atoms with E-state index >= 15 is 0 Å². The Morgan fingerprint density at radius 1 is 0.889 bits per heavy atom. The number of hydrogen-bond donors (Lipinski definition) is 0. The average molecular weight is 254 g/mol. The standard InChI is InChI=1S/C17H18S/c1-12-4-6-13-14-8-10-17(2,3)11-9-16(14)18-15(13)7-5-12/h4-12H,1-3H3. The first kappa shape index (κ1) is 11.7. The van der Waals surface area contributed by atoms with Gasteiger partial charge in [-0.3, -0.25) is 0 Å². The third-order valence-electron chi connectivity index (χ3n) is 3.50. The second-order valence-electron chi connectivity index (χ2n) is 5.72. The number of thiophene rings is 1. The van der Waals surface area contributed by atoms with E-state index in [1.165, 1.54) is 20.9 Å². The smallest absolute Gasteiger partial charge is 0.0352 e. The van der Waals surface area contributed by atoms with Crippen LogP contribution in [0.4, 0.5) is 0 Å². The molecule has 1 aromatic heterocycles. The molecule has 1 unspecified atom stereocenters. The van der Waals surface area contributed by atoms with Crippen LogP contribution in [0.1, 0.15) is 41.7 Å². The van der Waals surface area contributed by atoms with Crippen molar-refractivity contribution in [1.82, 2.24) is 0 Å². The fourth-order valence-corrected chi connectivity index (χ4v) is 3.38. The summed E-state index contributed by atoms with van der Waals surface area (Å²) in [5, 5.41) is 0. The zero-order valence-electron chi connectivity index (χ0n) is 11.1. The summed E-state index contributed by atoms with van der Waals surface area (Å²) >= 11 is 1.89. The number of fused-ring (bicyclic) bond motifs is 3. The highest BCUT2D eigenvalue weighted by Crippen LogP contribution is 2.38. The third-order valence-corrected chi connectivity index (χ3v) is 4.65. The van der Waals surface area contributed by atoms with Gasteiger partial charge in [-0.25, -0.2) is 0 Å². The van der Waals surface area contributed by atoms with E-state index < -0.39 is 0 Å². The van der Waals surface area contributed by atoms with Crippen molar-refractivity contribution in [3.8, 4) is 0 Å². The predicted molar refractivity (Wildman–Crippen MR) is 83.4 cm³/mol. The van der Waals surface area contributed by atoms with Crippen LogP contribution in [0, 0.1) is 11.3 Å². The average Bonchev–Trinajstić information content (AvgIpc) is 2.45. The second kappa shape index (κ2) is 4.10. The maximum Gasteiger partial charge on any atom is 0.0352 e. The van der Waals surface area contributed by atoms with Crippen LogP contribution in [0.5, 0.6) is 0 Å². The zero-order chi connectivity index (χ0) is 12.8. The fourth-order valence-electron chi connectivity index (χ4n) is 2.28. The van der Waals surface area contributed by atoms with Gasteiger partial charge in [-0.2, -0.15) is 0 Å². The molecule has 0 aliphatic heterocycles. The van der Waals surface area contributed by atoms with Crippen LogP contribution in [-0.2, 0) is 0 Å². The highest BCUT2D eigenvalue weighted by atomic mass is 32.1. The zero-order valence-corrected chi connectivity index (χ0v) is 11.9. The molecule has 0 N–H and O–H groups in total. The number of rotatable bonds is 0. The lowest BCUT2D eigenvalue weighted by atomic mass is 9.93. The molecule has 2 aliphatic carbocycles. The van der Waals surface area contributed by atoms with Crippen LogP contribution in [0.3, 0.4) is 0 Å². The van der Waals surface area contributed by atoms with E-state index in [4.69, 9.17) is 0 Å². The SMILES string of the molecule is CC1C=Cc2sc3c(c2C=C1)C=CC(C)(C)C=C3. The van der Waals surface area contributed by atoms with Gasteiger partial charge >= 0.3 is 0 Å². The molecule has 3 rings (SSSR count). The van der Waals surface area contributed by atoms with Crippen LogP contribution in [0.25, 0.3) is 24.3 Å². The molecule has 2 aliphatic rings. The predicted octanol–water partition coefficient (Wildman–Crippen LogP) is 5.49. The molecule has 1 aromatic rings. The molecule has 0 amide bonds. The van der Waals surface area contributed by atoms with E-state index in [9.17, 15) is 0 Å². The van der Waals surface area contributed by atoms with Gasteiger partial charge in [0.1, 0.15) is 0 Å². The Kier molecular flexibility index (Phi) is 2.67. The van der Waals surface area contributed by atoms with Gasteiger partial charge in [-0.15, -0.1) is 11.3 Å². The van der Waals surface area contributed by atoms with Crippen molar-refractivity contribution in [2.75, 3.05) is 0 Å². The normalized spacial score (nSPS) is 23.4. The second-order valence-corrected chi connectivity index (χ2v) is 6.81. The van der Waals surface area contributed by atoms with Gasteiger partial charge in [-0.05, 0) is 29.2 Å². The summed E-state index contributed by atoms with van der Waals surface area (Å²) in [4.78, 5) is 2.76. The van der Waals surface area contributed by atoms with Crippen LogP contribution < -0.4 is 0 Å². The monoisotopic (exact) mass is 254 g/mol. The van der Waals surface area contributed by atoms with E-state index in [2.05, 4.69) is 69.4 Å². The summed E-state index contributed by atoms with van der Waals surface area (Å²) in [5.74, 6) is 0.530. The first-order valence-corrected chi connectivity index (χ1v) is 7.28. The van der Waals surface area contributed by atoms with Crippen molar-refractivity contribution in [3.63, 3.8) is 0 Å². The van der Waals surface area contributed by atoms with E-state index in [-0.39, 0.29) is 5.41 Å². The van der Waals surface area contributed by atoms with E-state index in [0.717, 1.165) is 0 Å². The van der Waals surface area contributed by atoms with Gasteiger partial charge in [0.25, 0.3) is 0 Å². The Morgan fingerprint density at radius 3 is 2.33 bits per heavy atom. The van der Waals surface area contributed by atoms with Crippen LogP contribution in [0.2, 0.25) is 0 Å². The minimum atomic E-state index is 0.156. The quantitative estimate of drug-likeness (QED) is 0.574. The van der Waals surface area contributed by atoms with E-state index in [0.29, 0.717) is 5.92 Å². The lowest BCUT2D eigenvalue weighted by molar-refractivity contribution is 0.633. The molecule has 1 heterocycles. The summed E-state index contributed by atoms with van der Waals surface area (Å²) in [6, 6.07) is 0. The molecular formula is C17H18S. The Labute approximate surface area is 113 Å². The Morgan fingerprint density at radius 2 is 1.50 bits per heavy atom. The minimum absolute atomic E-state index is 0.156. The van der Waals surface area contributed by atoms with Gasteiger partial charge in [-0.1, -0.05) is 57.2 Å². The van der Waals surface area contributed by atoms with Gasteiger partial charge < -0.3 is 0 Å². The molecule has 0 saturated heterocycles. The van der Waals surface area contributed by atoms with Crippen LogP contribution >= 0.6 is 11.3 Å². The van der Waals surface area contributed by atoms with Crippen molar-refractivity contribution in [3.05, 3.63) is 45.2 Å². The van der Waals surface area contributed by atoms with Crippen LogP contribution in [0.15, 0.2) is 24.3 Å². The number of allylic oxidation sites excluding steroid dienone is 4. The maximum absolute atomic E-state index is 2.30. The van der Waals surface area contributed by atoms with Crippen LogP contribution in [-0.4, -0.2) is 0 Å². The summed E-state index contributed by atoms with van der Waals surface area (Å²) in [7, 11) is 0. The maximum atomic E-state index is 2.30. The molecule has 0 saturated carbocycles. The van der Waals surface area contributed by atoms with Gasteiger partial charge in [0.05, 0.1) is 0 Å². The van der Waals surface area contributed by atoms with E-state index in [1.54, 1.807) is 0 Å². The Balaban J connectivity index is 2.16. The van der Waals surface area contributed by atoms with Crippen molar-refractivity contribution >= 4 is 35.6 Å². The summed E-state index contributed by atoms with van der Waals surface area (Å²) in [5.41, 5.74) is 2.92. The lowest BCUT2D eigenvalue weighted by Gasteiger charge is -2.12. The summed E-state index contributed by atoms with van der Waals surface area (Å²) in [6.45, 7) is 6.71. The molecule has 0 bridgehead atoms. The fraction of sp³-hybridized carbons (Fsp3) is 0.294. The summed E-state index contributed by atoms with van der Waals surface area (Å²) in [6.07, 6.45) is 18.3. The molecular weight excluding hydrogens is 236 g/mol. The van der Waals surface area contributed by atoms with Crippen molar-refractivity contribution in [2.45, 2.75) is 20.8 Å². The highest BCUT2D eigenvalue weighted by Gasteiger charge is 2.18. The Hall–Kier alpha value is -1.34. The molecule has 18 heavy (non-hydrogen) atoms. The minimum Gasteiger partial charge on any atom is -0.135 e. The molecule has 1 atom stereocenters. The molecule has 0 nitrogen and oxygen atoms in total. The third kappa shape index (κ3) is 2.04. The molecule has 1 heteroatoms. The first-order chi connectivity index (χ1) is 8.55.